The van der Waals surface area contributed by atoms with Crippen molar-refractivity contribution < 1.29 is 53.9 Å². The van der Waals surface area contributed by atoms with E-state index in [4.69, 9.17) is 54.8 Å². The summed E-state index contributed by atoms with van der Waals surface area (Å²) in [5.74, 6) is -4.65. The number of hydrogen-bond donors (Lipinski definition) is 11. The number of nitrogens with two attached hydrogens (primary N) is 6. The minimum atomic E-state index is -1.18. The molecule has 1 aromatic rings. The van der Waals surface area contributed by atoms with Crippen LogP contribution in [-0.2, 0) is 39.9 Å². The second-order valence-corrected chi connectivity index (χ2v) is 10.5. The number of nitrogens with one attached hydrogen (secondary N) is 1. The number of primary amides is 1. The molecule has 0 saturated heterocycles. The molecule has 0 aliphatic rings. The van der Waals surface area contributed by atoms with Gasteiger partial charge in [0.05, 0.1) is 12.9 Å². The molecule has 1 amide bonds. The minimum absolute atomic E-state index is 0.0213. The molecule has 0 unspecified atom stereocenters. The van der Waals surface area contributed by atoms with Crippen LogP contribution in [0.2, 0.25) is 0 Å². The van der Waals surface area contributed by atoms with Crippen LogP contribution in [0.4, 0.5) is 0 Å². The number of rotatable bonds is 15. The van der Waals surface area contributed by atoms with Crippen molar-refractivity contribution in [2.75, 3.05) is 6.61 Å². The van der Waals surface area contributed by atoms with Crippen LogP contribution >= 0.6 is 0 Å². The van der Waals surface area contributed by atoms with Gasteiger partial charge < -0.3 is 64.5 Å². The van der Waals surface area contributed by atoms with Gasteiger partial charge in [0, 0.05) is 24.7 Å². The number of carboxylic acid groups (broad SMARTS) is 3. The molecule has 0 aliphatic carbocycles. The lowest BCUT2D eigenvalue weighted by molar-refractivity contribution is -0.162. The molecule has 1 heterocycles. The topological polar surface area (TPSA) is 377 Å². The fraction of sp³-hybridized carbons (Fsp3) is 0.654. The van der Waals surface area contributed by atoms with E-state index in [2.05, 4.69) is 14.7 Å². The number of esters is 2. The van der Waals surface area contributed by atoms with Gasteiger partial charge in [-0.1, -0.05) is 27.7 Å². The molecule has 19 heteroatoms. The van der Waals surface area contributed by atoms with Crippen molar-refractivity contribution in [2.24, 2.45) is 46.2 Å². The van der Waals surface area contributed by atoms with E-state index in [9.17, 15) is 28.8 Å². The van der Waals surface area contributed by atoms with Crippen molar-refractivity contribution >= 4 is 35.8 Å². The van der Waals surface area contributed by atoms with E-state index in [1.54, 1.807) is 6.20 Å². The monoisotopic (exact) mass is 650 g/mol. The summed E-state index contributed by atoms with van der Waals surface area (Å²) < 4.78 is 4.65. The first-order valence-corrected chi connectivity index (χ1v) is 13.7. The number of carboxylic acids is 3. The van der Waals surface area contributed by atoms with E-state index in [0.29, 0.717) is 12.8 Å². The summed E-state index contributed by atoms with van der Waals surface area (Å²) in [5, 5.41) is 32.5. The molecule has 0 aromatic carbocycles. The fourth-order valence-electron chi connectivity index (χ4n) is 2.68. The first-order chi connectivity index (χ1) is 20.7. The quantitative estimate of drug-likeness (QED) is 0.0675. The van der Waals surface area contributed by atoms with Crippen LogP contribution in [0.15, 0.2) is 12.5 Å². The summed E-state index contributed by atoms with van der Waals surface area (Å²) in [5.41, 5.74) is 31.8. The van der Waals surface area contributed by atoms with Gasteiger partial charge in [-0.3, -0.25) is 19.2 Å². The first kappa shape index (κ1) is 45.4. The molecule has 260 valence electrons. The van der Waals surface area contributed by atoms with E-state index < -0.39 is 72.6 Å². The smallest absolute Gasteiger partial charge is 0.330 e. The third-order valence-electron chi connectivity index (χ3n) is 5.10. The highest BCUT2D eigenvalue weighted by atomic mass is 16.6. The molecule has 5 atom stereocenters. The number of H-pyrrole nitrogens is 1. The number of nitrogens with zero attached hydrogens (tertiary/aromatic N) is 1. The normalized spacial score (nSPS) is 13.6. The van der Waals surface area contributed by atoms with Gasteiger partial charge in [-0.05, 0) is 31.1 Å². The zero-order valence-electron chi connectivity index (χ0n) is 26.0. The number of amides is 1. The number of aromatic nitrogens is 2. The van der Waals surface area contributed by atoms with Crippen LogP contribution in [0.1, 0.15) is 59.1 Å². The number of aliphatic hydroxyl groups excluding tert-OH is 1. The summed E-state index contributed by atoms with van der Waals surface area (Å²) in [6, 6.07) is -4.47. The molecule has 1 rings (SSSR count). The van der Waals surface area contributed by atoms with Crippen molar-refractivity contribution in [3.05, 3.63) is 18.2 Å². The Morgan fingerprint density at radius 3 is 1.44 bits per heavy atom. The van der Waals surface area contributed by atoms with Crippen molar-refractivity contribution in [1.82, 2.24) is 9.97 Å². The predicted octanol–water partition coefficient (Wildman–Crippen LogP) is -2.78. The Kier molecular flexibility index (Phi) is 25.6. The number of aliphatic hydroxyl groups is 1. The van der Waals surface area contributed by atoms with Gasteiger partial charge in [0.15, 0.2) is 0 Å². The van der Waals surface area contributed by atoms with Crippen LogP contribution in [0.3, 0.4) is 0 Å². The van der Waals surface area contributed by atoms with Gasteiger partial charge in [-0.15, -0.1) is 0 Å². The Labute approximate surface area is 261 Å². The van der Waals surface area contributed by atoms with Crippen LogP contribution in [-0.4, -0.2) is 103 Å². The Balaban J connectivity index is -0.000000550. The predicted molar refractivity (Wildman–Crippen MR) is 161 cm³/mol. The zero-order valence-corrected chi connectivity index (χ0v) is 26.0. The van der Waals surface area contributed by atoms with E-state index in [-0.39, 0.29) is 31.1 Å². The van der Waals surface area contributed by atoms with Crippen molar-refractivity contribution in [2.45, 2.75) is 90.0 Å². The van der Waals surface area contributed by atoms with Crippen molar-refractivity contribution in [3.63, 3.8) is 0 Å². The van der Waals surface area contributed by atoms with Crippen LogP contribution in [0.25, 0.3) is 0 Å². The van der Waals surface area contributed by atoms with Crippen LogP contribution in [0, 0.1) is 11.8 Å². The fourth-order valence-corrected chi connectivity index (χ4v) is 2.68. The average molecular weight is 651 g/mol. The third-order valence-corrected chi connectivity index (χ3v) is 5.10. The molecule has 45 heavy (non-hydrogen) atoms. The Morgan fingerprint density at radius 1 is 0.756 bits per heavy atom. The summed E-state index contributed by atoms with van der Waals surface area (Å²) in [4.78, 5) is 69.5. The minimum Gasteiger partial charge on any atom is -0.480 e. The molecule has 0 aliphatic heterocycles. The maximum absolute atomic E-state index is 11.5. The molecule has 0 spiro atoms. The maximum atomic E-state index is 11.5. The number of carbonyl (C=O) groups excluding carboxylic acids is 3. The first-order valence-electron chi connectivity index (χ1n) is 13.7. The van der Waals surface area contributed by atoms with E-state index in [0.717, 1.165) is 5.69 Å². The molecule has 19 nitrogen and oxygen atoms in total. The second kappa shape index (κ2) is 25.3. The second-order valence-electron chi connectivity index (χ2n) is 10.5. The third kappa shape index (κ3) is 27.3. The summed E-state index contributed by atoms with van der Waals surface area (Å²) in [6.07, 6.45) is 4.44. The molecule has 17 N–H and O–H groups in total. The Hall–Kier alpha value is -4.01. The van der Waals surface area contributed by atoms with Crippen molar-refractivity contribution in [1.29, 1.82) is 0 Å². The van der Waals surface area contributed by atoms with Gasteiger partial charge in [0.2, 0.25) is 5.91 Å². The zero-order chi connectivity index (χ0) is 35.9. The lowest BCUT2D eigenvalue weighted by Gasteiger charge is -2.15. The lowest BCUT2D eigenvalue weighted by atomic mass is 10.0. The number of aromatic amines is 1. The van der Waals surface area contributed by atoms with Crippen molar-refractivity contribution in [3.8, 4) is 0 Å². The molecular weight excluding hydrogens is 600 g/mol. The number of aliphatic carboxylic acids is 3. The SMILES string of the molecule is CC(C)C[C@H](N)C(=O)OC(=O)[C@@H](N)CC(C)C.NC(=O)CC[C@H](N)C(=O)O.N[C@@H](CO)C(=O)O.N[C@@H](Cc1cnc[nH]1)C(=O)O. The average Bonchev–Trinajstić information content (AvgIpc) is 3.44. The lowest BCUT2D eigenvalue weighted by Crippen LogP contribution is -2.40. The summed E-state index contributed by atoms with van der Waals surface area (Å²) in [7, 11) is 0. The van der Waals surface area contributed by atoms with E-state index in [1.165, 1.54) is 6.33 Å². The van der Waals surface area contributed by atoms with E-state index in [1.807, 2.05) is 27.7 Å². The molecular formula is C26H50N8O11. The van der Waals surface area contributed by atoms with Gasteiger partial charge in [0.25, 0.3) is 0 Å². The number of carbonyl (C=O) groups is 6. The number of ether oxygens (including phenoxy) is 1. The molecule has 0 bridgehead atoms. The largest absolute Gasteiger partial charge is 0.480 e. The Bertz CT molecular complexity index is 997. The number of imidazole rings is 1. The molecule has 0 radical (unpaired) electrons. The van der Waals surface area contributed by atoms with Gasteiger partial charge >= 0.3 is 29.8 Å². The van der Waals surface area contributed by atoms with Gasteiger partial charge in [-0.25, -0.2) is 14.6 Å². The summed E-state index contributed by atoms with van der Waals surface area (Å²) >= 11 is 0. The van der Waals surface area contributed by atoms with Gasteiger partial charge in [0.1, 0.15) is 30.2 Å². The van der Waals surface area contributed by atoms with Crippen LogP contribution in [0.5, 0.6) is 0 Å². The molecule has 0 saturated carbocycles. The molecule has 0 fully saturated rings. The standard InChI is InChI=1S/C12H24N2O3.C6H9N3O2.C5H10N2O3.C3H7NO3/c1-7(2)5-9(13)11(15)17-12(16)10(14)6-8(3)4;7-5(6(10)11)1-4-2-8-3-9-4;6-3(5(9)10)1-2-4(7)8;4-2(1-5)3(6)7/h7-10H,5-6,13-14H2,1-4H3;2-3,5H,1,7H2,(H,8,9)(H,10,11);3H,1-2,6H2,(H2,7,8)(H,9,10);2,5H,1,4H2,(H,6,7)/t9-,10-;5-;3-;2-/m0000/s1. The highest BCUT2D eigenvalue weighted by Crippen LogP contribution is 2.07. The van der Waals surface area contributed by atoms with Gasteiger partial charge in [-0.2, -0.15) is 0 Å². The van der Waals surface area contributed by atoms with Crippen LogP contribution < -0.4 is 34.4 Å². The maximum Gasteiger partial charge on any atom is 0.330 e. The Morgan fingerprint density at radius 2 is 1.18 bits per heavy atom. The number of hydrogen-bond acceptors (Lipinski definition) is 14. The summed E-state index contributed by atoms with van der Waals surface area (Å²) in [6.45, 7) is 7.27. The highest BCUT2D eigenvalue weighted by molar-refractivity contribution is 5.90. The van der Waals surface area contributed by atoms with E-state index >= 15 is 0 Å². The highest BCUT2D eigenvalue weighted by Gasteiger charge is 2.24. The molecule has 1 aromatic heterocycles.